The second-order valence-corrected chi connectivity index (χ2v) is 6.52. The van der Waals surface area contributed by atoms with E-state index in [1.165, 1.54) is 4.68 Å². The number of halogens is 1. The third kappa shape index (κ3) is 4.66. The number of nitrogens with one attached hydrogen (secondary N) is 2. The molecule has 3 aromatic rings. The molecule has 8 heteroatoms. The van der Waals surface area contributed by atoms with Gasteiger partial charge < -0.3 is 16.4 Å². The van der Waals surface area contributed by atoms with Gasteiger partial charge in [0.05, 0.1) is 11.9 Å². The fourth-order valence-corrected chi connectivity index (χ4v) is 2.86. The molecule has 7 nitrogen and oxygen atoms in total. The quantitative estimate of drug-likeness (QED) is 0.554. The number of hydrogen-bond donors (Lipinski definition) is 3. The lowest BCUT2D eigenvalue weighted by Crippen LogP contribution is -2.21. The Balaban J connectivity index is 1.86. The van der Waals surface area contributed by atoms with Gasteiger partial charge in [-0.3, -0.25) is 0 Å². The van der Waals surface area contributed by atoms with Crippen LogP contribution in [0.2, 0.25) is 0 Å². The molecule has 3 rings (SSSR count). The van der Waals surface area contributed by atoms with Gasteiger partial charge in [0.1, 0.15) is 0 Å². The van der Waals surface area contributed by atoms with Crippen LogP contribution >= 0.6 is 0 Å². The van der Waals surface area contributed by atoms with Crippen LogP contribution < -0.4 is 16.4 Å². The fourth-order valence-electron chi connectivity index (χ4n) is 2.86. The van der Waals surface area contributed by atoms with E-state index in [0.29, 0.717) is 25.6 Å². The minimum Gasteiger partial charge on any atom is -0.329 e. The number of aryl methyl sites for hydroxylation is 3. The molecular weight excluding hydrogens is 345 g/mol. The van der Waals surface area contributed by atoms with Gasteiger partial charge in [-0.15, -0.1) is 0 Å². The van der Waals surface area contributed by atoms with Crippen LogP contribution in [0.3, 0.4) is 0 Å². The average molecular weight is 369 g/mol. The molecule has 0 radical (unpaired) electrons. The number of benzene rings is 1. The lowest BCUT2D eigenvalue weighted by atomic mass is 10.1. The maximum absolute atomic E-state index is 14.3. The van der Waals surface area contributed by atoms with Crippen LogP contribution in [-0.4, -0.2) is 32.8 Å². The maximum Gasteiger partial charge on any atom is 0.229 e. The molecule has 27 heavy (non-hydrogen) atoms. The number of nitrogens with zero attached hydrogens (tertiary/aromatic N) is 4. The van der Waals surface area contributed by atoms with Crippen LogP contribution in [0.25, 0.3) is 5.82 Å². The Kier molecular flexibility index (Phi) is 5.78. The molecule has 0 saturated carbocycles. The molecule has 0 saturated heterocycles. The van der Waals surface area contributed by atoms with Gasteiger partial charge in [-0.1, -0.05) is 6.07 Å². The van der Waals surface area contributed by atoms with Crippen LogP contribution in [-0.2, 0) is 6.54 Å². The zero-order valence-corrected chi connectivity index (χ0v) is 15.8. The highest BCUT2D eigenvalue weighted by Crippen LogP contribution is 2.19. The van der Waals surface area contributed by atoms with E-state index >= 15 is 0 Å². The zero-order valence-electron chi connectivity index (χ0n) is 15.8. The molecule has 142 valence electrons. The Morgan fingerprint density at radius 2 is 1.89 bits per heavy atom. The molecule has 0 spiro atoms. The van der Waals surface area contributed by atoms with Gasteiger partial charge in [0.25, 0.3) is 0 Å². The minimum atomic E-state index is -0.537. The van der Waals surface area contributed by atoms with Crippen LogP contribution in [0.1, 0.15) is 22.4 Å². The van der Waals surface area contributed by atoms with Gasteiger partial charge in [-0.25, -0.2) is 14.1 Å². The third-order valence-electron chi connectivity index (χ3n) is 4.06. The summed E-state index contributed by atoms with van der Waals surface area (Å²) < 4.78 is 15.8. The molecule has 0 aliphatic carbocycles. The summed E-state index contributed by atoms with van der Waals surface area (Å²) in [5, 5.41) is 10.7. The molecule has 2 heterocycles. The van der Waals surface area contributed by atoms with E-state index in [1.54, 1.807) is 6.20 Å². The van der Waals surface area contributed by atoms with E-state index < -0.39 is 5.82 Å². The Morgan fingerprint density at radius 3 is 2.59 bits per heavy atom. The molecule has 0 bridgehead atoms. The molecule has 2 aromatic heterocycles. The van der Waals surface area contributed by atoms with E-state index in [-0.39, 0.29) is 5.82 Å². The largest absolute Gasteiger partial charge is 0.329 e. The smallest absolute Gasteiger partial charge is 0.229 e. The van der Waals surface area contributed by atoms with Gasteiger partial charge in [0.2, 0.25) is 5.95 Å². The SMILES string of the molecule is Cc1cc(C)cc(Nc2ncc(F)c(-n3cc(CNCCN)c(C)n3)n2)c1. The average Bonchev–Trinajstić information content (AvgIpc) is 2.97. The van der Waals surface area contributed by atoms with Crippen molar-refractivity contribution in [2.75, 3.05) is 18.4 Å². The second-order valence-electron chi connectivity index (χ2n) is 6.52. The molecule has 0 atom stereocenters. The first-order valence-corrected chi connectivity index (χ1v) is 8.80. The fraction of sp³-hybridized carbons (Fsp3) is 0.316. The molecule has 0 unspecified atom stereocenters. The van der Waals surface area contributed by atoms with Gasteiger partial charge in [-0.2, -0.15) is 10.1 Å². The molecule has 0 amide bonds. The normalized spacial score (nSPS) is 11.0. The number of nitrogens with two attached hydrogens (primary N) is 1. The molecule has 0 aliphatic rings. The Bertz CT molecular complexity index is 916. The predicted octanol–water partition coefficient (Wildman–Crippen LogP) is 2.52. The van der Waals surface area contributed by atoms with Gasteiger partial charge in [-0.05, 0) is 44.0 Å². The van der Waals surface area contributed by atoms with E-state index in [4.69, 9.17) is 5.73 Å². The van der Waals surface area contributed by atoms with Gasteiger partial charge >= 0.3 is 0 Å². The summed E-state index contributed by atoms with van der Waals surface area (Å²) in [6.45, 7) is 7.79. The summed E-state index contributed by atoms with van der Waals surface area (Å²) in [6, 6.07) is 6.05. The summed E-state index contributed by atoms with van der Waals surface area (Å²) in [5.74, 6) is -0.123. The third-order valence-corrected chi connectivity index (χ3v) is 4.06. The van der Waals surface area contributed by atoms with Crippen LogP contribution in [0.15, 0.2) is 30.6 Å². The monoisotopic (exact) mass is 369 g/mol. The molecule has 4 N–H and O–H groups in total. The number of rotatable bonds is 7. The second kappa shape index (κ2) is 8.24. The highest BCUT2D eigenvalue weighted by molar-refractivity contribution is 5.56. The lowest BCUT2D eigenvalue weighted by molar-refractivity contribution is 0.593. The van der Waals surface area contributed by atoms with Crippen molar-refractivity contribution in [3.05, 3.63) is 58.8 Å². The van der Waals surface area contributed by atoms with Gasteiger partial charge in [0, 0.05) is 37.1 Å². The Labute approximate surface area is 157 Å². The van der Waals surface area contributed by atoms with Crippen LogP contribution in [0.4, 0.5) is 16.0 Å². The predicted molar refractivity (Wildman–Crippen MR) is 104 cm³/mol. The lowest BCUT2D eigenvalue weighted by Gasteiger charge is -2.09. The molecular formula is C19H24FN7. The standard InChI is InChI=1S/C19H24FN7/c1-12-6-13(2)8-16(7-12)24-19-23-10-17(20)18(25-19)27-11-15(14(3)26-27)9-22-5-4-21/h6-8,10-11,22H,4-5,9,21H2,1-3H3,(H,23,24,25). The summed E-state index contributed by atoms with van der Waals surface area (Å²) >= 11 is 0. The van der Waals surface area contributed by atoms with Crippen molar-refractivity contribution in [1.29, 1.82) is 0 Å². The molecule has 0 aliphatic heterocycles. The molecule has 1 aromatic carbocycles. The topological polar surface area (TPSA) is 93.7 Å². The zero-order chi connectivity index (χ0) is 19.4. The first-order chi connectivity index (χ1) is 13.0. The van der Waals surface area contributed by atoms with Crippen molar-refractivity contribution in [2.24, 2.45) is 5.73 Å². The van der Waals surface area contributed by atoms with Gasteiger partial charge in [0.15, 0.2) is 11.6 Å². The number of aromatic nitrogens is 4. The Morgan fingerprint density at radius 1 is 1.15 bits per heavy atom. The summed E-state index contributed by atoms with van der Waals surface area (Å²) in [5.41, 5.74) is 10.4. The summed E-state index contributed by atoms with van der Waals surface area (Å²) in [6.07, 6.45) is 2.92. The molecule has 0 fully saturated rings. The first kappa shape index (κ1) is 18.9. The highest BCUT2D eigenvalue weighted by atomic mass is 19.1. The van der Waals surface area contributed by atoms with Crippen LogP contribution in [0.5, 0.6) is 0 Å². The van der Waals surface area contributed by atoms with Crippen molar-refractivity contribution in [1.82, 2.24) is 25.1 Å². The van der Waals surface area contributed by atoms with Crippen molar-refractivity contribution in [2.45, 2.75) is 27.3 Å². The Hall–Kier alpha value is -2.84. The van der Waals surface area contributed by atoms with E-state index in [0.717, 1.165) is 34.3 Å². The van der Waals surface area contributed by atoms with Crippen molar-refractivity contribution in [3.63, 3.8) is 0 Å². The summed E-state index contributed by atoms with van der Waals surface area (Å²) in [4.78, 5) is 8.36. The summed E-state index contributed by atoms with van der Waals surface area (Å²) in [7, 11) is 0. The maximum atomic E-state index is 14.3. The minimum absolute atomic E-state index is 0.102. The number of hydrogen-bond acceptors (Lipinski definition) is 6. The van der Waals surface area contributed by atoms with Crippen molar-refractivity contribution < 1.29 is 4.39 Å². The van der Waals surface area contributed by atoms with E-state index in [2.05, 4.69) is 31.8 Å². The van der Waals surface area contributed by atoms with E-state index in [1.807, 2.05) is 32.9 Å². The van der Waals surface area contributed by atoms with Crippen molar-refractivity contribution in [3.8, 4) is 5.82 Å². The first-order valence-electron chi connectivity index (χ1n) is 8.80. The highest BCUT2D eigenvalue weighted by Gasteiger charge is 2.13. The van der Waals surface area contributed by atoms with Crippen LogP contribution in [0, 0.1) is 26.6 Å². The number of anilines is 2. The van der Waals surface area contributed by atoms with Crippen molar-refractivity contribution >= 4 is 11.6 Å². The van der Waals surface area contributed by atoms with E-state index in [9.17, 15) is 4.39 Å².